The molecule has 0 radical (unpaired) electrons. The van der Waals surface area contributed by atoms with Gasteiger partial charge in [-0.15, -0.1) is 0 Å². The highest BCUT2D eigenvalue weighted by Crippen LogP contribution is 2.18. The van der Waals surface area contributed by atoms with E-state index in [1.54, 1.807) is 18.2 Å². The highest BCUT2D eigenvalue weighted by atomic mass is 16.1. The summed E-state index contributed by atoms with van der Waals surface area (Å²) < 4.78 is 0. The van der Waals surface area contributed by atoms with Gasteiger partial charge in [0.2, 0.25) is 0 Å². The maximum absolute atomic E-state index is 12.3. The van der Waals surface area contributed by atoms with Gasteiger partial charge in [0.1, 0.15) is 11.6 Å². The number of rotatable bonds is 4. The fraction of sp³-hybridized carbons (Fsp3) is 0.267. The van der Waals surface area contributed by atoms with Crippen LogP contribution in [0.5, 0.6) is 0 Å². The molecule has 0 fully saturated rings. The van der Waals surface area contributed by atoms with Crippen molar-refractivity contribution in [1.29, 1.82) is 0 Å². The summed E-state index contributed by atoms with van der Waals surface area (Å²) in [4.78, 5) is 20.9. The standard InChI is InChI=1S/C15H19N5O/c1-9(2)12-7-11(8-14(18-12)20-16)15(21)19-13-6-4-5-10(3)17-13/h4-9H,16H2,1-3H3,(H,18,20)(H,17,19,21). The van der Waals surface area contributed by atoms with Gasteiger partial charge in [-0.1, -0.05) is 19.9 Å². The number of anilines is 2. The van der Waals surface area contributed by atoms with Gasteiger partial charge in [-0.05, 0) is 37.1 Å². The number of hydrazine groups is 1. The third-order valence-electron chi connectivity index (χ3n) is 2.98. The predicted molar refractivity (Wildman–Crippen MR) is 83.1 cm³/mol. The van der Waals surface area contributed by atoms with Crippen LogP contribution in [0.1, 0.15) is 41.5 Å². The number of aromatic nitrogens is 2. The second kappa shape index (κ2) is 6.32. The van der Waals surface area contributed by atoms with Crippen molar-refractivity contribution in [2.75, 3.05) is 10.7 Å². The Morgan fingerprint density at radius 3 is 2.57 bits per heavy atom. The summed E-state index contributed by atoms with van der Waals surface area (Å²) in [5, 5.41) is 2.77. The SMILES string of the molecule is Cc1cccc(NC(=O)c2cc(NN)nc(C(C)C)c2)n1. The van der Waals surface area contributed by atoms with Crippen molar-refractivity contribution < 1.29 is 4.79 Å². The Morgan fingerprint density at radius 2 is 1.95 bits per heavy atom. The van der Waals surface area contributed by atoms with E-state index in [2.05, 4.69) is 20.7 Å². The smallest absolute Gasteiger partial charge is 0.257 e. The van der Waals surface area contributed by atoms with Crippen LogP contribution in [0.4, 0.5) is 11.6 Å². The van der Waals surface area contributed by atoms with E-state index in [4.69, 9.17) is 5.84 Å². The lowest BCUT2D eigenvalue weighted by Gasteiger charge is -2.11. The molecule has 2 aromatic heterocycles. The maximum atomic E-state index is 12.3. The second-order valence-corrected chi connectivity index (χ2v) is 5.08. The van der Waals surface area contributed by atoms with E-state index in [1.807, 2.05) is 32.9 Å². The van der Waals surface area contributed by atoms with Gasteiger partial charge in [-0.2, -0.15) is 0 Å². The van der Waals surface area contributed by atoms with Gasteiger partial charge in [0.25, 0.3) is 5.91 Å². The molecule has 6 heteroatoms. The van der Waals surface area contributed by atoms with Crippen LogP contribution in [-0.4, -0.2) is 15.9 Å². The van der Waals surface area contributed by atoms with Crippen LogP contribution in [-0.2, 0) is 0 Å². The van der Waals surface area contributed by atoms with Crippen LogP contribution in [0.2, 0.25) is 0 Å². The van der Waals surface area contributed by atoms with Crippen molar-refractivity contribution in [2.24, 2.45) is 5.84 Å². The lowest BCUT2D eigenvalue weighted by Crippen LogP contribution is -2.16. The Balaban J connectivity index is 2.28. The molecule has 0 bridgehead atoms. The molecule has 2 aromatic rings. The number of carbonyl (C=O) groups is 1. The number of aryl methyl sites for hydroxylation is 1. The largest absolute Gasteiger partial charge is 0.308 e. The number of nitrogens with two attached hydrogens (primary N) is 1. The summed E-state index contributed by atoms with van der Waals surface area (Å²) in [6, 6.07) is 8.83. The van der Waals surface area contributed by atoms with Crippen LogP contribution in [0, 0.1) is 6.92 Å². The highest BCUT2D eigenvalue weighted by molar-refractivity contribution is 6.04. The number of hydrogen-bond acceptors (Lipinski definition) is 5. The molecule has 0 atom stereocenters. The number of hydrogen-bond donors (Lipinski definition) is 3. The minimum absolute atomic E-state index is 0.196. The first-order chi connectivity index (χ1) is 9.99. The molecule has 110 valence electrons. The first-order valence-corrected chi connectivity index (χ1v) is 6.73. The predicted octanol–water partition coefficient (Wildman–Crippen LogP) is 2.45. The van der Waals surface area contributed by atoms with Gasteiger partial charge >= 0.3 is 0 Å². The first kappa shape index (κ1) is 14.9. The zero-order valence-corrected chi connectivity index (χ0v) is 12.3. The molecule has 6 nitrogen and oxygen atoms in total. The zero-order chi connectivity index (χ0) is 15.4. The summed E-state index contributed by atoms with van der Waals surface area (Å²) >= 11 is 0. The third kappa shape index (κ3) is 3.76. The van der Waals surface area contributed by atoms with Crippen LogP contribution in [0.25, 0.3) is 0 Å². The minimum Gasteiger partial charge on any atom is -0.308 e. The molecule has 0 aliphatic rings. The first-order valence-electron chi connectivity index (χ1n) is 6.73. The Bertz CT molecular complexity index is 654. The Morgan fingerprint density at radius 1 is 1.19 bits per heavy atom. The van der Waals surface area contributed by atoms with Crippen LogP contribution < -0.4 is 16.6 Å². The van der Waals surface area contributed by atoms with E-state index in [-0.39, 0.29) is 11.8 Å². The topological polar surface area (TPSA) is 92.9 Å². The van der Waals surface area contributed by atoms with Gasteiger partial charge in [-0.25, -0.2) is 15.8 Å². The fourth-order valence-corrected chi connectivity index (χ4v) is 1.85. The summed E-state index contributed by atoms with van der Waals surface area (Å²) in [5.74, 6) is 6.34. The lowest BCUT2D eigenvalue weighted by atomic mass is 10.1. The van der Waals surface area contributed by atoms with E-state index < -0.39 is 0 Å². The molecule has 0 saturated carbocycles. The Hall–Kier alpha value is -2.47. The van der Waals surface area contributed by atoms with E-state index in [9.17, 15) is 4.79 Å². The number of nitrogen functional groups attached to an aromatic ring is 1. The third-order valence-corrected chi connectivity index (χ3v) is 2.98. The zero-order valence-electron chi connectivity index (χ0n) is 12.3. The quantitative estimate of drug-likeness (QED) is 0.592. The molecule has 0 aliphatic heterocycles. The Labute approximate surface area is 123 Å². The molecule has 0 saturated heterocycles. The van der Waals surface area contributed by atoms with Crippen molar-refractivity contribution in [3.63, 3.8) is 0 Å². The molecular formula is C15H19N5O. The van der Waals surface area contributed by atoms with Gasteiger partial charge in [-0.3, -0.25) is 4.79 Å². The second-order valence-electron chi connectivity index (χ2n) is 5.08. The van der Waals surface area contributed by atoms with Crippen LogP contribution >= 0.6 is 0 Å². The maximum Gasteiger partial charge on any atom is 0.257 e. The van der Waals surface area contributed by atoms with Crippen molar-refractivity contribution in [2.45, 2.75) is 26.7 Å². The number of carbonyl (C=O) groups excluding carboxylic acids is 1. The molecule has 4 N–H and O–H groups in total. The molecule has 0 aliphatic carbocycles. The molecule has 21 heavy (non-hydrogen) atoms. The van der Waals surface area contributed by atoms with Gasteiger partial charge in [0, 0.05) is 17.0 Å². The summed E-state index contributed by atoms with van der Waals surface area (Å²) in [6.07, 6.45) is 0. The number of nitrogens with one attached hydrogen (secondary N) is 2. The van der Waals surface area contributed by atoms with Crippen molar-refractivity contribution >= 4 is 17.5 Å². The van der Waals surface area contributed by atoms with Gasteiger partial charge < -0.3 is 10.7 Å². The van der Waals surface area contributed by atoms with Crippen molar-refractivity contribution in [3.05, 3.63) is 47.3 Å². The monoisotopic (exact) mass is 285 g/mol. The molecule has 2 rings (SSSR count). The molecule has 0 spiro atoms. The van der Waals surface area contributed by atoms with E-state index in [0.717, 1.165) is 11.4 Å². The highest BCUT2D eigenvalue weighted by Gasteiger charge is 2.12. The van der Waals surface area contributed by atoms with Crippen LogP contribution in [0.15, 0.2) is 30.3 Å². The lowest BCUT2D eigenvalue weighted by molar-refractivity contribution is 0.102. The fourth-order valence-electron chi connectivity index (χ4n) is 1.85. The normalized spacial score (nSPS) is 10.5. The average Bonchev–Trinajstić information content (AvgIpc) is 2.46. The van der Waals surface area contributed by atoms with Gasteiger partial charge in [0.05, 0.1) is 0 Å². The molecule has 0 aromatic carbocycles. The Kier molecular flexibility index (Phi) is 4.49. The van der Waals surface area contributed by atoms with Crippen molar-refractivity contribution in [1.82, 2.24) is 9.97 Å². The minimum atomic E-state index is -0.242. The van der Waals surface area contributed by atoms with E-state index in [0.29, 0.717) is 17.2 Å². The number of amides is 1. The molecule has 2 heterocycles. The molecule has 0 unspecified atom stereocenters. The number of nitrogens with zero attached hydrogens (tertiary/aromatic N) is 2. The average molecular weight is 285 g/mol. The summed E-state index contributed by atoms with van der Waals surface area (Å²) in [7, 11) is 0. The summed E-state index contributed by atoms with van der Waals surface area (Å²) in [5.41, 5.74) is 4.62. The number of pyridine rings is 2. The summed E-state index contributed by atoms with van der Waals surface area (Å²) in [6.45, 7) is 5.88. The molecule has 1 amide bonds. The van der Waals surface area contributed by atoms with Gasteiger partial charge in [0.15, 0.2) is 0 Å². The van der Waals surface area contributed by atoms with Crippen LogP contribution in [0.3, 0.4) is 0 Å². The van der Waals surface area contributed by atoms with Crippen molar-refractivity contribution in [3.8, 4) is 0 Å². The van der Waals surface area contributed by atoms with E-state index in [1.165, 1.54) is 0 Å². The molecular weight excluding hydrogens is 266 g/mol. The van der Waals surface area contributed by atoms with E-state index >= 15 is 0 Å².